The molecule has 0 bridgehead atoms. The van der Waals surface area contributed by atoms with Crippen LogP contribution >= 0.6 is 11.8 Å². The molecule has 0 radical (unpaired) electrons. The second kappa shape index (κ2) is 2.44. The predicted octanol–water partition coefficient (Wildman–Crippen LogP) is 3.05. The first-order valence-electron chi connectivity index (χ1n) is 4.82. The van der Waals surface area contributed by atoms with Crippen molar-refractivity contribution >= 4 is 17.4 Å². The third kappa shape index (κ3) is 1.16. The van der Waals surface area contributed by atoms with Crippen LogP contribution in [-0.4, -0.2) is 11.3 Å². The lowest BCUT2D eigenvalue weighted by Gasteiger charge is -2.26. The van der Waals surface area contributed by atoms with Gasteiger partial charge in [-0.05, 0) is 31.4 Å². The van der Waals surface area contributed by atoms with E-state index in [1.807, 2.05) is 0 Å². The fraction of sp³-hybridized carbons (Fsp3) is 0.455. The van der Waals surface area contributed by atoms with Crippen LogP contribution in [0.4, 0.5) is 5.69 Å². The first-order chi connectivity index (χ1) is 6.29. The van der Waals surface area contributed by atoms with Crippen LogP contribution in [-0.2, 0) is 0 Å². The van der Waals surface area contributed by atoms with E-state index in [9.17, 15) is 0 Å². The van der Waals surface area contributed by atoms with Crippen LogP contribution in [0.15, 0.2) is 23.1 Å². The van der Waals surface area contributed by atoms with Gasteiger partial charge < -0.3 is 5.32 Å². The lowest BCUT2D eigenvalue weighted by molar-refractivity contribution is 0.920. The van der Waals surface area contributed by atoms with Gasteiger partial charge in [-0.15, -0.1) is 11.8 Å². The van der Waals surface area contributed by atoms with Gasteiger partial charge in [-0.3, -0.25) is 0 Å². The number of aryl methyl sites for hydroxylation is 1. The summed E-state index contributed by atoms with van der Waals surface area (Å²) < 4.78 is 0.570. The number of thioether (sulfide) groups is 1. The number of hydrogen-bond acceptors (Lipinski definition) is 2. The van der Waals surface area contributed by atoms with E-state index in [1.165, 1.54) is 29.0 Å². The summed E-state index contributed by atoms with van der Waals surface area (Å²) in [5.41, 5.74) is 2.74. The highest BCUT2D eigenvalue weighted by Gasteiger charge is 2.46. The van der Waals surface area contributed by atoms with Gasteiger partial charge in [0.15, 0.2) is 0 Å². The van der Waals surface area contributed by atoms with Crippen LogP contribution in [0.2, 0.25) is 0 Å². The van der Waals surface area contributed by atoms with Crippen LogP contribution in [0, 0.1) is 6.92 Å². The number of benzene rings is 1. The lowest BCUT2D eigenvalue weighted by Crippen LogP contribution is -2.23. The van der Waals surface area contributed by atoms with Crippen LogP contribution in [0.5, 0.6) is 0 Å². The third-order valence-electron chi connectivity index (χ3n) is 2.96. The maximum absolute atomic E-state index is 3.56. The molecule has 0 unspecified atom stereocenters. The molecule has 1 aromatic carbocycles. The largest absolute Gasteiger partial charge is 0.383 e. The summed E-state index contributed by atoms with van der Waals surface area (Å²) in [6.45, 7) is 3.34. The minimum Gasteiger partial charge on any atom is -0.383 e. The van der Waals surface area contributed by atoms with E-state index in [1.54, 1.807) is 0 Å². The van der Waals surface area contributed by atoms with Crippen molar-refractivity contribution in [1.29, 1.82) is 0 Å². The van der Waals surface area contributed by atoms with Gasteiger partial charge in [0, 0.05) is 16.2 Å². The number of para-hydroxylation sites is 1. The van der Waals surface area contributed by atoms with Gasteiger partial charge in [-0.1, -0.05) is 12.1 Å². The molecule has 3 rings (SSSR count). The summed E-state index contributed by atoms with van der Waals surface area (Å²) in [5, 5.41) is 3.56. The average Bonchev–Trinajstić information content (AvgIpc) is 2.85. The maximum atomic E-state index is 3.56. The van der Waals surface area contributed by atoms with E-state index in [0.29, 0.717) is 4.75 Å². The number of fused-ring (bicyclic) bond motifs is 1. The molecule has 0 saturated heterocycles. The average molecular weight is 191 g/mol. The molecule has 1 saturated carbocycles. The topological polar surface area (TPSA) is 12.0 Å². The highest BCUT2D eigenvalue weighted by Crippen LogP contribution is 2.56. The molecule has 0 amide bonds. The Morgan fingerprint density at radius 2 is 2.23 bits per heavy atom. The minimum absolute atomic E-state index is 0.570. The summed E-state index contributed by atoms with van der Waals surface area (Å²) in [4.78, 5) is 1.45. The van der Waals surface area contributed by atoms with E-state index in [0.717, 1.165) is 6.54 Å². The fourth-order valence-corrected chi connectivity index (χ4v) is 3.29. The Labute approximate surface area is 82.9 Å². The molecule has 1 heterocycles. The van der Waals surface area contributed by atoms with Crippen LogP contribution < -0.4 is 5.32 Å². The third-order valence-corrected chi connectivity index (χ3v) is 4.50. The molecule has 0 aromatic heterocycles. The monoisotopic (exact) mass is 191 g/mol. The van der Waals surface area contributed by atoms with Gasteiger partial charge in [0.05, 0.1) is 5.69 Å². The Kier molecular flexibility index (Phi) is 1.46. The first-order valence-corrected chi connectivity index (χ1v) is 5.63. The quantitative estimate of drug-likeness (QED) is 0.676. The van der Waals surface area contributed by atoms with Gasteiger partial charge in [0.1, 0.15) is 0 Å². The van der Waals surface area contributed by atoms with Crippen molar-refractivity contribution in [2.45, 2.75) is 29.4 Å². The summed E-state index contributed by atoms with van der Waals surface area (Å²) in [7, 11) is 0. The fourth-order valence-electron chi connectivity index (χ4n) is 1.89. The molecule has 13 heavy (non-hydrogen) atoms. The van der Waals surface area contributed by atoms with Gasteiger partial charge in [0.2, 0.25) is 0 Å². The summed E-state index contributed by atoms with van der Waals surface area (Å²) >= 11 is 2.08. The SMILES string of the molecule is Cc1cccc2c1NCC1(CC1)S2. The Bertz CT molecular complexity index is 355. The Morgan fingerprint density at radius 1 is 1.38 bits per heavy atom. The molecule has 1 aromatic rings. The van der Waals surface area contributed by atoms with E-state index >= 15 is 0 Å². The predicted molar refractivity (Wildman–Crippen MR) is 57.5 cm³/mol. The summed E-state index contributed by atoms with van der Waals surface area (Å²) in [6.07, 6.45) is 2.77. The molecule has 1 spiro atoms. The second-order valence-electron chi connectivity index (χ2n) is 4.09. The van der Waals surface area contributed by atoms with Crippen molar-refractivity contribution in [3.63, 3.8) is 0 Å². The standard InChI is InChI=1S/C11H13NS/c1-8-3-2-4-9-10(8)12-7-11(13-9)5-6-11/h2-4,12H,5-7H2,1H3. The number of anilines is 1. The highest BCUT2D eigenvalue weighted by atomic mass is 32.2. The van der Waals surface area contributed by atoms with Crippen molar-refractivity contribution < 1.29 is 0 Å². The van der Waals surface area contributed by atoms with Crippen molar-refractivity contribution in [1.82, 2.24) is 0 Å². The Morgan fingerprint density at radius 3 is 3.00 bits per heavy atom. The molecular weight excluding hydrogens is 178 g/mol. The molecule has 2 aliphatic rings. The van der Waals surface area contributed by atoms with Crippen LogP contribution in [0.25, 0.3) is 0 Å². The van der Waals surface area contributed by atoms with Crippen molar-refractivity contribution in [3.05, 3.63) is 23.8 Å². The van der Waals surface area contributed by atoms with Crippen molar-refractivity contribution in [2.24, 2.45) is 0 Å². The van der Waals surface area contributed by atoms with Gasteiger partial charge in [-0.25, -0.2) is 0 Å². The lowest BCUT2D eigenvalue weighted by atomic mass is 10.2. The second-order valence-corrected chi connectivity index (χ2v) is 5.60. The Balaban J connectivity index is 2.05. The zero-order valence-corrected chi connectivity index (χ0v) is 8.58. The zero-order chi connectivity index (χ0) is 8.89. The van der Waals surface area contributed by atoms with E-state index < -0.39 is 0 Å². The zero-order valence-electron chi connectivity index (χ0n) is 7.76. The van der Waals surface area contributed by atoms with Gasteiger partial charge in [-0.2, -0.15) is 0 Å². The van der Waals surface area contributed by atoms with Crippen LogP contribution in [0.1, 0.15) is 18.4 Å². The van der Waals surface area contributed by atoms with Crippen molar-refractivity contribution in [2.75, 3.05) is 11.9 Å². The smallest absolute Gasteiger partial charge is 0.0508 e. The first kappa shape index (κ1) is 7.74. The van der Waals surface area contributed by atoms with E-state index in [2.05, 4.69) is 42.2 Å². The van der Waals surface area contributed by atoms with Gasteiger partial charge in [0.25, 0.3) is 0 Å². The van der Waals surface area contributed by atoms with Gasteiger partial charge >= 0.3 is 0 Å². The van der Waals surface area contributed by atoms with Crippen molar-refractivity contribution in [3.8, 4) is 0 Å². The molecule has 0 atom stereocenters. The Hall–Kier alpha value is -0.630. The van der Waals surface area contributed by atoms with E-state index in [4.69, 9.17) is 0 Å². The molecule has 2 heteroatoms. The molecule has 68 valence electrons. The molecule has 1 nitrogen and oxygen atoms in total. The molecule has 1 fully saturated rings. The molecule has 1 aliphatic carbocycles. The number of nitrogens with one attached hydrogen (secondary N) is 1. The highest BCUT2D eigenvalue weighted by molar-refractivity contribution is 8.01. The summed E-state index contributed by atoms with van der Waals surface area (Å²) in [5.74, 6) is 0. The molecule has 1 N–H and O–H groups in total. The summed E-state index contributed by atoms with van der Waals surface area (Å²) in [6, 6.07) is 6.57. The van der Waals surface area contributed by atoms with Crippen LogP contribution in [0.3, 0.4) is 0 Å². The number of hydrogen-bond donors (Lipinski definition) is 1. The molecule has 1 aliphatic heterocycles. The normalized spacial score (nSPS) is 22.2. The number of rotatable bonds is 0. The minimum atomic E-state index is 0.570. The maximum Gasteiger partial charge on any atom is 0.0508 e. The molecular formula is C11H13NS. The van der Waals surface area contributed by atoms with E-state index in [-0.39, 0.29) is 0 Å².